The van der Waals surface area contributed by atoms with Crippen LogP contribution in [0.25, 0.3) is 16.8 Å². The van der Waals surface area contributed by atoms with Gasteiger partial charge in [0.2, 0.25) is 0 Å². The van der Waals surface area contributed by atoms with E-state index in [2.05, 4.69) is 15.2 Å². The molecule has 0 saturated carbocycles. The van der Waals surface area contributed by atoms with E-state index >= 15 is 0 Å². The van der Waals surface area contributed by atoms with E-state index in [0.717, 1.165) is 11.1 Å². The number of nitrogens with zero attached hydrogens (tertiary/aromatic N) is 2. The standard InChI is InChI=1S/C19H18N6O4/c1-29-18(27)11-4-7-13(14(20)8-11)10-2-5-12(6-3-10)25-9-15(23-19(22)28)16(24-25)17(21)26/h2-9H,20H2,1H3,(H2,21,26)(H3,22,23,28). The number of nitrogens with two attached hydrogens (primary N) is 3. The predicted octanol–water partition coefficient (Wildman–Crippen LogP) is 1.50. The summed E-state index contributed by atoms with van der Waals surface area (Å²) in [5.41, 5.74) is 19.4. The maximum Gasteiger partial charge on any atom is 0.337 e. The Hall–Kier alpha value is -4.34. The molecule has 3 amide bonds. The SMILES string of the molecule is COC(=O)c1ccc(-c2ccc(-n3cc(NC(N)=O)c(C(N)=O)n3)cc2)c(N)c1. The number of methoxy groups -OCH3 is 1. The number of primary amides is 2. The minimum absolute atomic E-state index is 0.108. The van der Waals surface area contributed by atoms with E-state index in [9.17, 15) is 14.4 Å². The van der Waals surface area contributed by atoms with Crippen LogP contribution in [0.4, 0.5) is 16.2 Å². The van der Waals surface area contributed by atoms with Gasteiger partial charge < -0.3 is 27.3 Å². The third-order valence-electron chi connectivity index (χ3n) is 4.12. The first-order chi connectivity index (χ1) is 13.8. The largest absolute Gasteiger partial charge is 0.465 e. The van der Waals surface area contributed by atoms with Gasteiger partial charge in [-0.25, -0.2) is 14.3 Å². The fraction of sp³-hybridized carbons (Fsp3) is 0.0526. The van der Waals surface area contributed by atoms with Crippen molar-refractivity contribution in [3.05, 3.63) is 59.9 Å². The first kappa shape index (κ1) is 19.4. The number of amides is 3. The summed E-state index contributed by atoms with van der Waals surface area (Å²) in [7, 11) is 1.30. The maximum absolute atomic E-state index is 11.6. The van der Waals surface area contributed by atoms with Crippen molar-refractivity contribution in [3.8, 4) is 16.8 Å². The summed E-state index contributed by atoms with van der Waals surface area (Å²) in [6.45, 7) is 0. The fourth-order valence-electron chi connectivity index (χ4n) is 2.78. The van der Waals surface area contributed by atoms with Crippen LogP contribution in [0.2, 0.25) is 0 Å². The smallest absolute Gasteiger partial charge is 0.337 e. The molecule has 7 N–H and O–H groups in total. The number of hydrogen-bond acceptors (Lipinski definition) is 6. The van der Waals surface area contributed by atoms with Gasteiger partial charge in [-0.3, -0.25) is 4.79 Å². The van der Waals surface area contributed by atoms with E-state index in [-0.39, 0.29) is 11.4 Å². The van der Waals surface area contributed by atoms with Crippen molar-refractivity contribution >= 4 is 29.3 Å². The highest BCUT2D eigenvalue weighted by Crippen LogP contribution is 2.28. The molecule has 0 fully saturated rings. The third kappa shape index (κ3) is 4.00. The summed E-state index contributed by atoms with van der Waals surface area (Å²) in [5, 5.41) is 6.40. The number of carbonyl (C=O) groups is 3. The van der Waals surface area contributed by atoms with Gasteiger partial charge in [0.15, 0.2) is 5.69 Å². The second-order valence-electron chi connectivity index (χ2n) is 6.03. The lowest BCUT2D eigenvalue weighted by Crippen LogP contribution is -2.22. The van der Waals surface area contributed by atoms with Gasteiger partial charge in [-0.1, -0.05) is 18.2 Å². The minimum atomic E-state index is -0.840. The van der Waals surface area contributed by atoms with Gasteiger partial charge in [0.25, 0.3) is 5.91 Å². The number of rotatable bonds is 5. The molecule has 0 aliphatic heterocycles. The Kier molecular flexibility index (Phi) is 5.17. The first-order valence-electron chi connectivity index (χ1n) is 8.34. The summed E-state index contributed by atoms with van der Waals surface area (Å²) in [4.78, 5) is 34.2. The number of benzene rings is 2. The van der Waals surface area contributed by atoms with Crippen LogP contribution < -0.4 is 22.5 Å². The van der Waals surface area contributed by atoms with Crippen molar-refractivity contribution in [2.24, 2.45) is 11.5 Å². The van der Waals surface area contributed by atoms with E-state index in [4.69, 9.17) is 17.2 Å². The lowest BCUT2D eigenvalue weighted by atomic mass is 10.0. The maximum atomic E-state index is 11.6. The average Bonchev–Trinajstić information content (AvgIpc) is 3.11. The van der Waals surface area contributed by atoms with Crippen molar-refractivity contribution in [1.29, 1.82) is 0 Å². The van der Waals surface area contributed by atoms with Gasteiger partial charge in [-0.05, 0) is 29.8 Å². The molecule has 0 bridgehead atoms. The Balaban J connectivity index is 1.92. The number of esters is 1. The number of anilines is 2. The van der Waals surface area contributed by atoms with Crippen LogP contribution in [-0.4, -0.2) is 34.8 Å². The van der Waals surface area contributed by atoms with Gasteiger partial charge in [-0.2, -0.15) is 5.10 Å². The van der Waals surface area contributed by atoms with Crippen molar-refractivity contribution in [1.82, 2.24) is 9.78 Å². The average molecular weight is 394 g/mol. The highest BCUT2D eigenvalue weighted by atomic mass is 16.5. The monoisotopic (exact) mass is 394 g/mol. The summed E-state index contributed by atoms with van der Waals surface area (Å²) in [5.74, 6) is -1.27. The van der Waals surface area contributed by atoms with Crippen LogP contribution in [0.1, 0.15) is 20.8 Å². The highest BCUT2D eigenvalue weighted by molar-refractivity contribution is 6.00. The Morgan fingerprint density at radius 1 is 1.07 bits per heavy atom. The molecule has 0 radical (unpaired) electrons. The number of nitrogens with one attached hydrogen (secondary N) is 1. The molecule has 3 aromatic rings. The number of carbonyl (C=O) groups excluding carboxylic acids is 3. The zero-order chi connectivity index (χ0) is 21.1. The molecular formula is C19H18N6O4. The Morgan fingerprint density at radius 2 is 1.76 bits per heavy atom. The molecule has 0 aliphatic carbocycles. The van der Waals surface area contributed by atoms with Crippen LogP contribution in [0.15, 0.2) is 48.7 Å². The van der Waals surface area contributed by atoms with Gasteiger partial charge in [0.05, 0.1) is 30.2 Å². The second-order valence-corrected chi connectivity index (χ2v) is 6.03. The quantitative estimate of drug-likeness (QED) is 0.377. The van der Waals surface area contributed by atoms with Gasteiger partial charge >= 0.3 is 12.0 Å². The molecule has 3 rings (SSSR count). The number of aromatic nitrogens is 2. The molecule has 10 heteroatoms. The van der Waals surface area contributed by atoms with E-state index in [1.165, 1.54) is 18.0 Å². The number of ether oxygens (including phenoxy) is 1. The molecule has 1 aromatic heterocycles. The Bertz CT molecular complexity index is 1100. The molecule has 0 aliphatic rings. The van der Waals surface area contributed by atoms with Crippen LogP contribution in [0.5, 0.6) is 0 Å². The molecule has 0 spiro atoms. The molecule has 1 heterocycles. The lowest BCUT2D eigenvalue weighted by molar-refractivity contribution is 0.0600. The lowest BCUT2D eigenvalue weighted by Gasteiger charge is -2.09. The molecule has 0 unspecified atom stereocenters. The van der Waals surface area contributed by atoms with Crippen LogP contribution >= 0.6 is 0 Å². The van der Waals surface area contributed by atoms with Crippen molar-refractivity contribution in [3.63, 3.8) is 0 Å². The molecular weight excluding hydrogens is 376 g/mol. The fourth-order valence-corrected chi connectivity index (χ4v) is 2.78. The topological polar surface area (TPSA) is 168 Å². The summed E-state index contributed by atoms with van der Waals surface area (Å²) < 4.78 is 6.07. The molecule has 10 nitrogen and oxygen atoms in total. The van der Waals surface area contributed by atoms with Crippen molar-refractivity contribution < 1.29 is 19.1 Å². The highest BCUT2D eigenvalue weighted by Gasteiger charge is 2.16. The summed E-state index contributed by atoms with van der Waals surface area (Å²) in [6.07, 6.45) is 1.43. The molecule has 2 aromatic carbocycles. The van der Waals surface area contributed by atoms with Gasteiger partial charge in [0, 0.05) is 11.3 Å². The van der Waals surface area contributed by atoms with Crippen molar-refractivity contribution in [2.45, 2.75) is 0 Å². The number of hydrogen-bond donors (Lipinski definition) is 4. The minimum Gasteiger partial charge on any atom is -0.465 e. The predicted molar refractivity (Wildman–Crippen MR) is 106 cm³/mol. The van der Waals surface area contributed by atoms with Crippen LogP contribution in [0.3, 0.4) is 0 Å². The molecule has 0 atom stereocenters. The van der Waals surface area contributed by atoms with Crippen molar-refractivity contribution in [2.75, 3.05) is 18.2 Å². The Labute approximate surface area is 165 Å². The summed E-state index contributed by atoms with van der Waals surface area (Å²) >= 11 is 0. The zero-order valence-electron chi connectivity index (χ0n) is 15.4. The van der Waals surface area contributed by atoms with Gasteiger partial charge in [-0.15, -0.1) is 0 Å². The van der Waals surface area contributed by atoms with Crippen LogP contribution in [0, 0.1) is 0 Å². The van der Waals surface area contributed by atoms with E-state index in [1.807, 2.05) is 0 Å². The Morgan fingerprint density at radius 3 is 2.31 bits per heavy atom. The van der Waals surface area contributed by atoms with E-state index < -0.39 is 17.9 Å². The van der Waals surface area contributed by atoms with Gasteiger partial charge in [0.1, 0.15) is 0 Å². The second kappa shape index (κ2) is 7.72. The van der Waals surface area contributed by atoms with Crippen LogP contribution in [-0.2, 0) is 4.74 Å². The zero-order valence-corrected chi connectivity index (χ0v) is 15.4. The first-order valence-corrected chi connectivity index (χ1v) is 8.34. The molecule has 148 valence electrons. The third-order valence-corrected chi connectivity index (χ3v) is 4.12. The number of urea groups is 1. The van der Waals surface area contributed by atoms with E-state index in [0.29, 0.717) is 16.9 Å². The molecule has 0 saturated heterocycles. The molecule has 29 heavy (non-hydrogen) atoms. The summed E-state index contributed by atoms with van der Waals surface area (Å²) in [6, 6.07) is 11.1. The normalized spacial score (nSPS) is 10.4. The van der Waals surface area contributed by atoms with E-state index in [1.54, 1.807) is 42.5 Å². The number of nitrogen functional groups attached to an aromatic ring is 1.